The summed E-state index contributed by atoms with van der Waals surface area (Å²) in [6.45, 7) is 2.14. The molecule has 0 spiro atoms. The summed E-state index contributed by atoms with van der Waals surface area (Å²) in [5.74, 6) is 0.652. The van der Waals surface area contributed by atoms with E-state index in [9.17, 15) is 0 Å². The number of aromatic nitrogens is 1. The van der Waals surface area contributed by atoms with Gasteiger partial charge in [0.2, 0.25) is 0 Å². The summed E-state index contributed by atoms with van der Waals surface area (Å²) in [4.78, 5) is 4.95. The number of benzene rings is 1. The van der Waals surface area contributed by atoms with Gasteiger partial charge in [-0.05, 0) is 43.5 Å². The van der Waals surface area contributed by atoms with E-state index in [1.54, 1.807) is 0 Å². The van der Waals surface area contributed by atoms with Crippen molar-refractivity contribution in [3.8, 4) is 0 Å². The molecule has 0 aliphatic heterocycles. The van der Waals surface area contributed by atoms with Crippen molar-refractivity contribution in [2.24, 2.45) is 0 Å². The number of nitrogens with one attached hydrogen (secondary N) is 1. The second-order valence-corrected chi connectivity index (χ2v) is 6.36. The highest BCUT2D eigenvalue weighted by molar-refractivity contribution is 9.10. The fraction of sp³-hybridized carbons (Fsp3) is 0.438. The zero-order valence-corrected chi connectivity index (χ0v) is 13.0. The van der Waals surface area contributed by atoms with Gasteiger partial charge in [0, 0.05) is 34.2 Å². The molecule has 0 bridgehead atoms. The Morgan fingerprint density at radius 1 is 1.21 bits per heavy atom. The average molecular weight is 319 g/mol. The number of halogens is 1. The maximum atomic E-state index is 4.95. The van der Waals surface area contributed by atoms with Crippen molar-refractivity contribution >= 4 is 32.5 Å². The fourth-order valence-corrected chi connectivity index (χ4v) is 3.69. The quantitative estimate of drug-likeness (QED) is 0.842. The van der Waals surface area contributed by atoms with Crippen LogP contribution in [0.3, 0.4) is 0 Å². The maximum absolute atomic E-state index is 4.95. The maximum Gasteiger partial charge on any atom is 0.0756 e. The average Bonchev–Trinajstić information content (AvgIpc) is 2.91. The topological polar surface area (TPSA) is 24.9 Å². The second kappa shape index (κ2) is 5.12. The number of aryl methyl sites for hydroxylation is 1. The first kappa shape index (κ1) is 12.9. The van der Waals surface area contributed by atoms with E-state index in [1.807, 2.05) is 7.05 Å². The number of hydrogen-bond donors (Lipinski definition) is 1. The molecule has 3 rings (SSSR count). The van der Waals surface area contributed by atoms with E-state index in [4.69, 9.17) is 4.98 Å². The third-order valence-corrected chi connectivity index (χ3v) is 4.59. The van der Waals surface area contributed by atoms with Crippen molar-refractivity contribution in [1.29, 1.82) is 0 Å². The van der Waals surface area contributed by atoms with Crippen molar-refractivity contribution in [2.75, 3.05) is 12.4 Å². The Kier molecular flexibility index (Phi) is 3.48. The van der Waals surface area contributed by atoms with E-state index in [1.165, 1.54) is 48.0 Å². The van der Waals surface area contributed by atoms with E-state index < -0.39 is 0 Å². The number of rotatable bonds is 2. The van der Waals surface area contributed by atoms with Gasteiger partial charge in [-0.25, -0.2) is 0 Å². The van der Waals surface area contributed by atoms with E-state index in [-0.39, 0.29) is 0 Å². The van der Waals surface area contributed by atoms with Crippen molar-refractivity contribution in [3.05, 3.63) is 33.9 Å². The summed E-state index contributed by atoms with van der Waals surface area (Å²) in [5.41, 5.74) is 4.83. The van der Waals surface area contributed by atoms with Gasteiger partial charge in [-0.2, -0.15) is 0 Å². The van der Waals surface area contributed by atoms with Crippen molar-refractivity contribution in [1.82, 2.24) is 4.98 Å². The summed E-state index contributed by atoms with van der Waals surface area (Å²) in [6, 6.07) is 6.54. The van der Waals surface area contributed by atoms with E-state index >= 15 is 0 Å². The van der Waals surface area contributed by atoms with Gasteiger partial charge in [0.1, 0.15) is 0 Å². The Hall–Kier alpha value is -1.09. The van der Waals surface area contributed by atoms with Gasteiger partial charge in [-0.1, -0.05) is 28.8 Å². The predicted molar refractivity (Wildman–Crippen MR) is 84.9 cm³/mol. The van der Waals surface area contributed by atoms with Crippen molar-refractivity contribution in [3.63, 3.8) is 0 Å². The molecule has 2 nitrogen and oxygen atoms in total. The van der Waals surface area contributed by atoms with Crippen molar-refractivity contribution < 1.29 is 0 Å². The highest BCUT2D eigenvalue weighted by atomic mass is 79.9. The first-order valence-electron chi connectivity index (χ1n) is 6.97. The van der Waals surface area contributed by atoms with Gasteiger partial charge >= 0.3 is 0 Å². The first-order valence-corrected chi connectivity index (χ1v) is 7.77. The van der Waals surface area contributed by atoms with Crippen LogP contribution in [0.5, 0.6) is 0 Å². The normalized spacial score (nSPS) is 16.2. The van der Waals surface area contributed by atoms with Crippen LogP contribution >= 0.6 is 15.9 Å². The third kappa shape index (κ3) is 2.36. The van der Waals surface area contributed by atoms with E-state index in [0.29, 0.717) is 5.92 Å². The molecule has 1 fully saturated rings. The Balaban J connectivity index is 2.21. The minimum atomic E-state index is 0.652. The van der Waals surface area contributed by atoms with Crippen LogP contribution < -0.4 is 5.32 Å². The summed E-state index contributed by atoms with van der Waals surface area (Å²) in [6.07, 6.45) is 5.27. The number of pyridine rings is 1. The molecule has 0 unspecified atom stereocenters. The second-order valence-electron chi connectivity index (χ2n) is 5.44. The molecule has 100 valence electrons. The van der Waals surface area contributed by atoms with Crippen LogP contribution in [0.4, 0.5) is 5.69 Å². The molecule has 0 radical (unpaired) electrons. The molecule has 2 aromatic rings. The smallest absolute Gasteiger partial charge is 0.0756 e. The van der Waals surface area contributed by atoms with Crippen LogP contribution in [-0.4, -0.2) is 12.0 Å². The molecule has 1 aliphatic rings. The van der Waals surface area contributed by atoms with Gasteiger partial charge in [-0.15, -0.1) is 0 Å². The molecular formula is C16H19BrN2. The van der Waals surface area contributed by atoms with Crippen LogP contribution in [-0.2, 0) is 0 Å². The van der Waals surface area contributed by atoms with Crippen LogP contribution in [0.15, 0.2) is 22.7 Å². The van der Waals surface area contributed by atoms with Gasteiger partial charge < -0.3 is 5.32 Å². The molecule has 1 saturated carbocycles. The first-order chi connectivity index (χ1) is 9.19. The molecule has 1 heterocycles. The Morgan fingerprint density at radius 2 is 1.95 bits per heavy atom. The number of anilines is 1. The monoisotopic (exact) mass is 318 g/mol. The molecular weight excluding hydrogens is 300 g/mol. The molecule has 19 heavy (non-hydrogen) atoms. The Bertz CT molecular complexity index is 616. The van der Waals surface area contributed by atoms with Gasteiger partial charge in [0.05, 0.1) is 5.52 Å². The van der Waals surface area contributed by atoms with E-state index in [2.05, 4.69) is 46.4 Å². The Morgan fingerprint density at radius 3 is 2.63 bits per heavy atom. The minimum absolute atomic E-state index is 0.652. The Labute approximate surface area is 122 Å². The van der Waals surface area contributed by atoms with Crippen LogP contribution in [0.1, 0.15) is 42.9 Å². The lowest BCUT2D eigenvalue weighted by atomic mass is 10.0. The summed E-state index contributed by atoms with van der Waals surface area (Å²) in [5, 5.41) is 4.53. The molecule has 1 N–H and O–H groups in total. The highest BCUT2D eigenvalue weighted by Gasteiger charge is 2.20. The van der Waals surface area contributed by atoms with Crippen LogP contribution in [0.25, 0.3) is 10.9 Å². The number of hydrogen-bond acceptors (Lipinski definition) is 2. The largest absolute Gasteiger partial charge is 0.388 e. The summed E-state index contributed by atoms with van der Waals surface area (Å²) < 4.78 is 1.12. The van der Waals surface area contributed by atoms with Gasteiger partial charge in [0.15, 0.2) is 0 Å². The standard InChI is InChI=1S/C16H19BrN2/c1-10-7-12(17)8-13-15(18-2)9-14(19-16(10)13)11-5-3-4-6-11/h7-9,11H,3-6H2,1-2H3,(H,18,19). The lowest BCUT2D eigenvalue weighted by molar-refractivity contribution is 0.701. The van der Waals surface area contributed by atoms with Gasteiger partial charge in [-0.3, -0.25) is 4.98 Å². The number of fused-ring (bicyclic) bond motifs is 1. The lowest BCUT2D eigenvalue weighted by Crippen LogP contribution is -2.01. The number of nitrogens with zero attached hydrogens (tertiary/aromatic N) is 1. The SMILES string of the molecule is CNc1cc(C2CCCC2)nc2c(C)cc(Br)cc12. The highest BCUT2D eigenvalue weighted by Crippen LogP contribution is 2.37. The van der Waals surface area contributed by atoms with E-state index in [0.717, 1.165) is 9.99 Å². The van der Waals surface area contributed by atoms with Crippen molar-refractivity contribution in [2.45, 2.75) is 38.5 Å². The zero-order chi connectivity index (χ0) is 13.4. The molecule has 1 aromatic carbocycles. The molecule has 0 saturated heterocycles. The predicted octanol–water partition coefficient (Wildman–Crippen LogP) is 5.01. The fourth-order valence-electron chi connectivity index (χ4n) is 3.11. The minimum Gasteiger partial charge on any atom is -0.388 e. The molecule has 1 aliphatic carbocycles. The summed E-state index contributed by atoms with van der Waals surface area (Å²) >= 11 is 3.58. The lowest BCUT2D eigenvalue weighted by Gasteiger charge is -2.15. The summed E-state index contributed by atoms with van der Waals surface area (Å²) in [7, 11) is 1.99. The molecule has 3 heteroatoms. The molecule has 0 amide bonds. The molecule has 1 aromatic heterocycles. The third-order valence-electron chi connectivity index (χ3n) is 4.13. The zero-order valence-electron chi connectivity index (χ0n) is 11.5. The molecule has 0 atom stereocenters. The van der Waals surface area contributed by atoms with Gasteiger partial charge in [0.25, 0.3) is 0 Å². The van der Waals surface area contributed by atoms with Crippen LogP contribution in [0.2, 0.25) is 0 Å². The van der Waals surface area contributed by atoms with Crippen LogP contribution in [0, 0.1) is 6.92 Å².